The van der Waals surface area contributed by atoms with Crippen LogP contribution in [0, 0.1) is 0 Å². The zero-order valence-electron chi connectivity index (χ0n) is 9.69. The van der Waals surface area contributed by atoms with Crippen molar-refractivity contribution in [1.82, 2.24) is 4.98 Å². The number of hydrogen-bond donors (Lipinski definition) is 0. The van der Waals surface area contributed by atoms with E-state index in [1.807, 2.05) is 30.5 Å². The van der Waals surface area contributed by atoms with E-state index in [0.29, 0.717) is 6.61 Å². The first-order chi connectivity index (χ1) is 8.29. The van der Waals surface area contributed by atoms with Gasteiger partial charge in [0.1, 0.15) is 12.4 Å². The largest absolute Gasteiger partial charge is 0.489 e. The summed E-state index contributed by atoms with van der Waals surface area (Å²) in [7, 11) is 0. The maximum absolute atomic E-state index is 5.81. The van der Waals surface area contributed by atoms with Crippen LogP contribution in [0.4, 0.5) is 0 Å². The number of ether oxygens (including phenoxy) is 1. The van der Waals surface area contributed by atoms with E-state index < -0.39 is 0 Å². The summed E-state index contributed by atoms with van der Waals surface area (Å²) >= 11 is 3.40. The summed E-state index contributed by atoms with van der Waals surface area (Å²) in [5, 5.41) is 0. The zero-order chi connectivity index (χ0) is 12.1. The van der Waals surface area contributed by atoms with Gasteiger partial charge in [0, 0.05) is 22.4 Å². The average molecular weight is 292 g/mol. The molecule has 0 saturated carbocycles. The van der Waals surface area contributed by atoms with Crippen molar-refractivity contribution in [3.05, 3.63) is 58.3 Å². The number of rotatable bonds is 4. The second-order valence-corrected chi connectivity index (χ2v) is 4.68. The predicted molar refractivity (Wildman–Crippen MR) is 72.1 cm³/mol. The van der Waals surface area contributed by atoms with E-state index in [9.17, 15) is 0 Å². The fourth-order valence-electron chi connectivity index (χ4n) is 1.63. The van der Waals surface area contributed by atoms with Crippen LogP contribution in [0.2, 0.25) is 0 Å². The number of nitrogens with zero attached hydrogens (tertiary/aromatic N) is 1. The van der Waals surface area contributed by atoms with E-state index in [2.05, 4.69) is 33.9 Å². The lowest BCUT2D eigenvalue weighted by Gasteiger charge is -2.10. The first-order valence-electron chi connectivity index (χ1n) is 5.59. The van der Waals surface area contributed by atoms with Crippen LogP contribution in [0.15, 0.2) is 47.2 Å². The highest BCUT2D eigenvalue weighted by molar-refractivity contribution is 9.10. The lowest BCUT2D eigenvalue weighted by atomic mass is 10.1. The van der Waals surface area contributed by atoms with E-state index in [1.54, 1.807) is 6.20 Å². The molecule has 1 heterocycles. The van der Waals surface area contributed by atoms with Crippen molar-refractivity contribution in [2.45, 2.75) is 20.0 Å². The Balaban J connectivity index is 2.07. The first-order valence-corrected chi connectivity index (χ1v) is 6.39. The maximum atomic E-state index is 5.81. The summed E-state index contributed by atoms with van der Waals surface area (Å²) in [5.41, 5.74) is 2.29. The molecule has 0 atom stereocenters. The molecule has 0 amide bonds. The lowest BCUT2D eigenvalue weighted by molar-refractivity contribution is 0.302. The molecule has 0 spiro atoms. The number of halogens is 1. The van der Waals surface area contributed by atoms with Gasteiger partial charge in [-0.15, -0.1) is 0 Å². The van der Waals surface area contributed by atoms with Crippen LogP contribution in [-0.2, 0) is 13.0 Å². The Labute approximate surface area is 110 Å². The minimum absolute atomic E-state index is 0.545. The first kappa shape index (κ1) is 12.1. The molecule has 3 heteroatoms. The summed E-state index contributed by atoms with van der Waals surface area (Å²) in [6.07, 6.45) is 4.57. The highest BCUT2D eigenvalue weighted by Gasteiger charge is 2.01. The minimum Gasteiger partial charge on any atom is -0.489 e. The smallest absolute Gasteiger partial charge is 0.122 e. The van der Waals surface area contributed by atoms with Gasteiger partial charge in [0.15, 0.2) is 0 Å². The van der Waals surface area contributed by atoms with Gasteiger partial charge in [0.05, 0.1) is 0 Å². The van der Waals surface area contributed by atoms with Gasteiger partial charge in [-0.2, -0.15) is 0 Å². The number of aryl methyl sites for hydroxylation is 1. The number of benzene rings is 1. The lowest BCUT2D eigenvalue weighted by Crippen LogP contribution is -1.98. The van der Waals surface area contributed by atoms with Crippen LogP contribution in [0.5, 0.6) is 5.75 Å². The van der Waals surface area contributed by atoms with Crippen LogP contribution < -0.4 is 4.74 Å². The molecule has 2 nitrogen and oxygen atoms in total. The van der Waals surface area contributed by atoms with Crippen molar-refractivity contribution in [2.24, 2.45) is 0 Å². The maximum Gasteiger partial charge on any atom is 0.122 e. The van der Waals surface area contributed by atoms with Crippen molar-refractivity contribution >= 4 is 15.9 Å². The summed E-state index contributed by atoms with van der Waals surface area (Å²) in [4.78, 5) is 4.11. The molecule has 0 N–H and O–H groups in total. The number of hydrogen-bond acceptors (Lipinski definition) is 2. The highest BCUT2D eigenvalue weighted by Crippen LogP contribution is 2.20. The Bertz CT molecular complexity index is 499. The monoisotopic (exact) mass is 291 g/mol. The molecular formula is C14H14BrNO. The van der Waals surface area contributed by atoms with Crippen molar-refractivity contribution < 1.29 is 4.74 Å². The Morgan fingerprint density at radius 3 is 2.82 bits per heavy atom. The van der Waals surface area contributed by atoms with Gasteiger partial charge in [0.25, 0.3) is 0 Å². The fourth-order valence-corrected chi connectivity index (χ4v) is 2.04. The summed E-state index contributed by atoms with van der Waals surface area (Å²) in [6.45, 7) is 2.67. The number of pyridine rings is 1. The normalized spacial score (nSPS) is 10.2. The highest BCUT2D eigenvalue weighted by atomic mass is 79.9. The van der Waals surface area contributed by atoms with E-state index in [1.165, 1.54) is 5.56 Å². The van der Waals surface area contributed by atoms with Gasteiger partial charge >= 0.3 is 0 Å². The van der Waals surface area contributed by atoms with Crippen LogP contribution in [0.1, 0.15) is 18.1 Å². The van der Waals surface area contributed by atoms with Crippen LogP contribution >= 0.6 is 15.9 Å². The molecule has 17 heavy (non-hydrogen) atoms. The van der Waals surface area contributed by atoms with Gasteiger partial charge in [0.2, 0.25) is 0 Å². The van der Waals surface area contributed by atoms with Crippen LogP contribution in [0.25, 0.3) is 0 Å². The van der Waals surface area contributed by atoms with Gasteiger partial charge in [-0.3, -0.25) is 4.98 Å². The minimum atomic E-state index is 0.545. The Hall–Kier alpha value is -1.35. The molecule has 1 aromatic carbocycles. The molecule has 0 aliphatic carbocycles. The van der Waals surface area contributed by atoms with Crippen LogP contribution in [0.3, 0.4) is 0 Å². The molecule has 88 valence electrons. The number of aromatic nitrogens is 1. The standard InChI is InChI=1S/C14H14BrNO/c1-2-12-5-3-4-6-14(12)17-10-11-7-13(15)9-16-8-11/h3-9H,2,10H2,1H3. The molecule has 1 aromatic heterocycles. The van der Waals surface area contributed by atoms with E-state index >= 15 is 0 Å². The Morgan fingerprint density at radius 1 is 1.24 bits per heavy atom. The fraction of sp³-hybridized carbons (Fsp3) is 0.214. The van der Waals surface area contributed by atoms with Crippen LogP contribution in [-0.4, -0.2) is 4.98 Å². The van der Waals surface area contributed by atoms with Crippen molar-refractivity contribution in [1.29, 1.82) is 0 Å². The van der Waals surface area contributed by atoms with Gasteiger partial charge in [-0.25, -0.2) is 0 Å². The average Bonchev–Trinajstić information content (AvgIpc) is 2.37. The van der Waals surface area contributed by atoms with E-state index in [0.717, 1.165) is 22.2 Å². The molecule has 0 radical (unpaired) electrons. The third kappa shape index (κ3) is 3.30. The quantitative estimate of drug-likeness (QED) is 0.850. The van der Waals surface area contributed by atoms with E-state index in [4.69, 9.17) is 4.74 Å². The molecule has 0 aliphatic heterocycles. The number of para-hydroxylation sites is 1. The Kier molecular flexibility index (Phi) is 4.15. The molecular weight excluding hydrogens is 278 g/mol. The van der Waals surface area contributed by atoms with Crippen molar-refractivity contribution in [2.75, 3.05) is 0 Å². The Morgan fingerprint density at radius 2 is 2.06 bits per heavy atom. The molecule has 0 unspecified atom stereocenters. The second kappa shape index (κ2) is 5.82. The zero-order valence-corrected chi connectivity index (χ0v) is 11.3. The van der Waals surface area contributed by atoms with Crippen molar-refractivity contribution in [3.63, 3.8) is 0 Å². The molecule has 0 fully saturated rings. The molecule has 2 aromatic rings. The molecule has 0 saturated heterocycles. The predicted octanol–water partition coefficient (Wildman–Crippen LogP) is 3.99. The summed E-state index contributed by atoms with van der Waals surface area (Å²) in [6, 6.07) is 10.1. The third-order valence-corrected chi connectivity index (χ3v) is 2.94. The topological polar surface area (TPSA) is 22.1 Å². The molecule has 0 bridgehead atoms. The van der Waals surface area contributed by atoms with Gasteiger partial charge < -0.3 is 4.74 Å². The summed E-state index contributed by atoms with van der Waals surface area (Å²) < 4.78 is 6.78. The van der Waals surface area contributed by atoms with Gasteiger partial charge in [-0.05, 0) is 40.0 Å². The van der Waals surface area contributed by atoms with Gasteiger partial charge in [-0.1, -0.05) is 25.1 Å². The third-order valence-electron chi connectivity index (χ3n) is 2.51. The molecule has 0 aliphatic rings. The second-order valence-electron chi connectivity index (χ2n) is 3.76. The van der Waals surface area contributed by atoms with Crippen molar-refractivity contribution in [3.8, 4) is 5.75 Å². The SMILES string of the molecule is CCc1ccccc1OCc1cncc(Br)c1. The summed E-state index contributed by atoms with van der Waals surface area (Å²) in [5.74, 6) is 0.954. The molecule has 2 rings (SSSR count). The van der Waals surface area contributed by atoms with E-state index in [-0.39, 0.29) is 0 Å².